The van der Waals surface area contributed by atoms with E-state index in [-0.39, 0.29) is 65.6 Å². The number of ketones is 2. The van der Waals surface area contributed by atoms with Crippen molar-refractivity contribution in [2.24, 2.45) is 16.7 Å². The van der Waals surface area contributed by atoms with E-state index in [9.17, 15) is 29.2 Å². The number of benzene rings is 2. The van der Waals surface area contributed by atoms with Gasteiger partial charge in [-0.15, -0.1) is 0 Å². The summed E-state index contributed by atoms with van der Waals surface area (Å²) in [6, 6.07) is 13.8. The van der Waals surface area contributed by atoms with Crippen LogP contribution in [0.15, 0.2) is 48.7 Å². The van der Waals surface area contributed by atoms with E-state index in [2.05, 4.69) is 60.4 Å². The molecule has 1 atom stereocenters. The van der Waals surface area contributed by atoms with E-state index < -0.39 is 17.9 Å². The van der Waals surface area contributed by atoms with Crippen LogP contribution in [-0.2, 0) is 16.1 Å². The Morgan fingerprint density at radius 3 is 2.32 bits per heavy atom. The Bertz CT molecular complexity index is 2430. The maximum Gasteiger partial charge on any atom is 0.262 e. The predicted molar refractivity (Wildman–Crippen MR) is 218 cm³/mol. The number of fused-ring (bicyclic) bond motifs is 2. The zero-order chi connectivity index (χ0) is 41.5. The van der Waals surface area contributed by atoms with Crippen molar-refractivity contribution in [3.8, 4) is 23.7 Å². The van der Waals surface area contributed by atoms with Gasteiger partial charge in [0.1, 0.15) is 29.4 Å². The number of halogens is 1. The van der Waals surface area contributed by atoms with Crippen LogP contribution in [0.3, 0.4) is 0 Å². The molecule has 3 aromatic rings. The number of hydrogen-bond donors (Lipinski definition) is 0. The first-order chi connectivity index (χ1) is 28.1. The number of rotatable bonds is 6. The van der Waals surface area contributed by atoms with Crippen LogP contribution in [0.25, 0.3) is 0 Å². The molecular weight excluding hydrogens is 768 g/mol. The zero-order valence-electron chi connectivity index (χ0n) is 33.6. The summed E-state index contributed by atoms with van der Waals surface area (Å²) >= 11 is 6.28. The minimum absolute atomic E-state index is 0.0375. The van der Waals surface area contributed by atoms with Gasteiger partial charge in [-0.05, 0) is 60.7 Å². The molecule has 0 spiro atoms. The van der Waals surface area contributed by atoms with Crippen LogP contribution in [0, 0.1) is 39.9 Å². The van der Waals surface area contributed by atoms with Gasteiger partial charge in [-0.1, -0.05) is 45.2 Å². The highest BCUT2D eigenvalue weighted by Gasteiger charge is 2.67. The van der Waals surface area contributed by atoms with Crippen LogP contribution in [0.5, 0.6) is 5.75 Å². The van der Waals surface area contributed by atoms with E-state index in [1.165, 1.54) is 0 Å². The van der Waals surface area contributed by atoms with E-state index in [1.54, 1.807) is 36.5 Å². The molecule has 9 rings (SSSR count). The summed E-state index contributed by atoms with van der Waals surface area (Å²) in [5, 5.41) is 9.60. The van der Waals surface area contributed by atoms with Gasteiger partial charge in [0.25, 0.3) is 17.7 Å². The largest absolute Gasteiger partial charge is 0.489 e. The normalized spacial score (nSPS) is 25.2. The molecule has 1 aromatic heterocycles. The van der Waals surface area contributed by atoms with Gasteiger partial charge in [-0.25, -0.2) is 4.98 Å². The van der Waals surface area contributed by atoms with Gasteiger partial charge in [0, 0.05) is 98.8 Å². The van der Waals surface area contributed by atoms with E-state index in [4.69, 9.17) is 16.3 Å². The fourth-order valence-corrected chi connectivity index (χ4v) is 10.9. The smallest absolute Gasteiger partial charge is 0.262 e. The third-order valence-electron chi connectivity index (χ3n) is 13.4. The molecule has 4 fully saturated rings. The lowest BCUT2D eigenvalue weighted by atomic mass is 9.49. The van der Waals surface area contributed by atoms with E-state index >= 15 is 0 Å². The number of imide groups is 1. The second kappa shape index (κ2) is 14.3. The van der Waals surface area contributed by atoms with Gasteiger partial charge in [-0.2, -0.15) is 5.26 Å². The average Bonchev–Trinajstić information content (AvgIpc) is 3.60. The summed E-state index contributed by atoms with van der Waals surface area (Å²) < 4.78 is 6.46. The monoisotopic (exact) mass is 812 g/mol. The molecule has 5 heterocycles. The Kier molecular flexibility index (Phi) is 9.45. The molecule has 13 heteroatoms. The van der Waals surface area contributed by atoms with Crippen molar-refractivity contribution in [2.75, 3.05) is 31.1 Å². The molecule has 0 radical (unpaired) electrons. The Hall–Kier alpha value is -5.56. The van der Waals surface area contributed by atoms with Gasteiger partial charge in [0.2, 0.25) is 0 Å². The number of nitriles is 1. The molecule has 2 aromatic carbocycles. The molecule has 0 bridgehead atoms. The third-order valence-corrected chi connectivity index (χ3v) is 13.7. The van der Waals surface area contributed by atoms with Gasteiger partial charge in [-0.3, -0.25) is 33.8 Å². The lowest BCUT2D eigenvalue weighted by Gasteiger charge is -2.65. The SMILES string of the molecule is CC1(C)C(Oc2ccc(C#N)c(Cl)c2)C(C)(C)C1N1Cc2cc(C#CC3CN(C4CN(c5ccc6c(c5)C(=O)N(C5CCC(=O)CCCC5=O)C6=O)C4)C3)ncc2C1=O. The van der Waals surface area contributed by atoms with Crippen molar-refractivity contribution in [1.29, 1.82) is 5.26 Å². The van der Waals surface area contributed by atoms with Crippen molar-refractivity contribution in [2.45, 2.75) is 90.6 Å². The van der Waals surface area contributed by atoms with E-state index in [0.29, 0.717) is 64.1 Å². The molecular formula is C46H45ClN6O6. The van der Waals surface area contributed by atoms with Crippen molar-refractivity contribution in [3.05, 3.63) is 87.2 Å². The van der Waals surface area contributed by atoms with Crippen LogP contribution in [0.4, 0.5) is 5.69 Å². The molecule has 2 saturated heterocycles. The van der Waals surface area contributed by atoms with Crippen molar-refractivity contribution < 1.29 is 28.7 Å². The minimum Gasteiger partial charge on any atom is -0.489 e. The summed E-state index contributed by atoms with van der Waals surface area (Å²) in [7, 11) is 0. The molecule has 302 valence electrons. The van der Waals surface area contributed by atoms with Crippen LogP contribution in [0.2, 0.25) is 5.02 Å². The molecule has 3 amide bonds. The summed E-state index contributed by atoms with van der Waals surface area (Å²) in [6.07, 6.45) is 2.84. The molecule has 2 saturated carbocycles. The van der Waals surface area contributed by atoms with Crippen LogP contribution in [-0.4, -0.2) is 99.4 Å². The van der Waals surface area contributed by atoms with Crippen molar-refractivity contribution in [3.63, 3.8) is 0 Å². The summed E-state index contributed by atoms with van der Waals surface area (Å²) in [5.74, 6) is 6.40. The highest BCUT2D eigenvalue weighted by atomic mass is 35.5. The van der Waals surface area contributed by atoms with Crippen LogP contribution in [0.1, 0.15) is 108 Å². The number of carbonyl (C=O) groups is 5. The number of pyridine rings is 1. The van der Waals surface area contributed by atoms with Crippen molar-refractivity contribution in [1.82, 2.24) is 19.7 Å². The first kappa shape index (κ1) is 38.9. The topological polar surface area (TPSA) is 144 Å². The number of carbonyl (C=O) groups excluding carboxylic acids is 5. The molecule has 0 N–H and O–H groups in total. The lowest BCUT2D eigenvalue weighted by molar-refractivity contribution is -0.199. The Balaban J connectivity index is 0.781. The van der Waals surface area contributed by atoms with Gasteiger partial charge in [0.05, 0.1) is 33.3 Å². The van der Waals surface area contributed by atoms with Gasteiger partial charge < -0.3 is 14.5 Å². The number of amides is 3. The molecule has 4 aliphatic heterocycles. The number of aromatic nitrogens is 1. The second-order valence-electron chi connectivity index (χ2n) is 18.1. The highest BCUT2D eigenvalue weighted by Crippen LogP contribution is 2.59. The van der Waals surface area contributed by atoms with Crippen LogP contribution >= 0.6 is 11.6 Å². The van der Waals surface area contributed by atoms with Crippen molar-refractivity contribution >= 4 is 46.6 Å². The van der Waals surface area contributed by atoms with Gasteiger partial charge in [0.15, 0.2) is 5.78 Å². The highest BCUT2D eigenvalue weighted by molar-refractivity contribution is 6.31. The van der Waals surface area contributed by atoms with E-state index in [1.807, 2.05) is 17.0 Å². The number of hydrogen-bond acceptors (Lipinski definition) is 10. The first-order valence-corrected chi connectivity index (χ1v) is 20.8. The maximum absolute atomic E-state index is 13.8. The lowest BCUT2D eigenvalue weighted by Crippen LogP contribution is -2.74. The fraction of sp³-hybridized carbons (Fsp3) is 0.457. The summed E-state index contributed by atoms with van der Waals surface area (Å²) in [5.41, 5.74) is 3.32. The minimum atomic E-state index is -0.893. The van der Waals surface area contributed by atoms with Crippen LogP contribution < -0.4 is 9.64 Å². The Labute approximate surface area is 348 Å². The Morgan fingerprint density at radius 1 is 0.847 bits per heavy atom. The predicted octanol–water partition coefficient (Wildman–Crippen LogP) is 5.68. The average molecular weight is 813 g/mol. The standard InChI is InChI=1S/C46H45ClN6O6/c1-45(2)43(46(3,4)44(45)59-33-13-9-27(19-48)37(47)18-33)52-23-28-16-29(49-20-36(28)40(52)56)10-8-26-21-50(22-26)31-24-51(25-31)30-11-14-34-35(17-30)42(58)53(41(34)57)38-15-12-32(54)6-5-7-39(38)55/h9,11,13-14,16-18,20,26,31,38,43-44H,5-7,12,15,21-25H2,1-4H3. The molecule has 12 nitrogen and oxygen atoms in total. The number of Topliss-reactive ketones (excluding diaryl/α,β-unsaturated/α-hetero) is 2. The fourth-order valence-electron chi connectivity index (χ4n) is 10.7. The van der Waals surface area contributed by atoms with Gasteiger partial charge >= 0.3 is 0 Å². The third kappa shape index (κ3) is 6.48. The number of nitrogens with zero attached hydrogens (tertiary/aromatic N) is 6. The molecule has 2 aliphatic carbocycles. The summed E-state index contributed by atoms with van der Waals surface area (Å²) in [4.78, 5) is 77.7. The molecule has 1 unspecified atom stereocenters. The first-order valence-electron chi connectivity index (χ1n) is 20.4. The molecule has 59 heavy (non-hydrogen) atoms. The number of likely N-dealkylation sites (tertiary alicyclic amines) is 1. The number of anilines is 1. The summed E-state index contributed by atoms with van der Waals surface area (Å²) in [6.45, 7) is 12.2. The Morgan fingerprint density at radius 2 is 1.59 bits per heavy atom. The zero-order valence-corrected chi connectivity index (χ0v) is 34.3. The second-order valence-corrected chi connectivity index (χ2v) is 18.5. The number of ether oxygens (including phenoxy) is 1. The van der Waals surface area contributed by atoms with E-state index in [0.717, 1.165) is 42.3 Å². The maximum atomic E-state index is 13.8. The molecule has 6 aliphatic rings. The quantitative estimate of drug-likeness (QED) is 0.225.